The van der Waals surface area contributed by atoms with E-state index in [1.165, 1.54) is 47.4 Å². The monoisotopic (exact) mass is 535 g/mol. The van der Waals surface area contributed by atoms with E-state index in [0.29, 0.717) is 24.3 Å². The Labute approximate surface area is 212 Å². The van der Waals surface area contributed by atoms with E-state index in [9.17, 15) is 30.8 Å². The summed E-state index contributed by atoms with van der Waals surface area (Å²) in [6.45, 7) is 0.494. The van der Waals surface area contributed by atoms with E-state index >= 15 is 0 Å². The molecule has 1 fully saturated rings. The van der Waals surface area contributed by atoms with E-state index in [1.807, 2.05) is 0 Å². The molecule has 0 saturated carbocycles. The predicted molar refractivity (Wildman–Crippen MR) is 131 cm³/mol. The van der Waals surface area contributed by atoms with Crippen molar-refractivity contribution in [3.63, 3.8) is 0 Å². The minimum Gasteiger partial charge on any atom is -0.368 e. The molecule has 3 aromatic rings. The van der Waals surface area contributed by atoms with Gasteiger partial charge in [-0.3, -0.25) is 4.79 Å². The Bertz CT molecular complexity index is 1330. The van der Waals surface area contributed by atoms with Crippen molar-refractivity contribution in [3.8, 4) is 0 Å². The van der Waals surface area contributed by atoms with Gasteiger partial charge in [0.2, 0.25) is 15.9 Å². The van der Waals surface area contributed by atoms with Gasteiger partial charge in [0.15, 0.2) is 0 Å². The fourth-order valence-electron chi connectivity index (χ4n) is 4.10. The number of alkyl halides is 3. The van der Waals surface area contributed by atoms with E-state index in [1.54, 1.807) is 29.2 Å². The molecule has 6 nitrogen and oxygen atoms in total. The maximum absolute atomic E-state index is 13.4. The van der Waals surface area contributed by atoms with Gasteiger partial charge in [0.1, 0.15) is 5.82 Å². The SMILES string of the molecule is O=C(CN(Cc1ccc(F)cc1)S(=O)(=O)c1ccccc1)N1CCN(c2cccc(C(F)(F)F)c2)CC1. The smallest absolute Gasteiger partial charge is 0.368 e. The summed E-state index contributed by atoms with van der Waals surface area (Å²) in [5, 5.41) is 0. The van der Waals surface area contributed by atoms with E-state index in [0.717, 1.165) is 16.4 Å². The van der Waals surface area contributed by atoms with Crippen LogP contribution < -0.4 is 4.90 Å². The molecule has 0 N–H and O–H groups in total. The molecular weight excluding hydrogens is 510 g/mol. The third-order valence-electron chi connectivity index (χ3n) is 6.14. The lowest BCUT2D eigenvalue weighted by molar-refractivity contribution is -0.137. The number of hydrogen-bond acceptors (Lipinski definition) is 4. The molecule has 0 aliphatic carbocycles. The zero-order valence-corrected chi connectivity index (χ0v) is 20.6. The minimum absolute atomic E-state index is 0.0271. The first-order valence-corrected chi connectivity index (χ1v) is 13.0. The van der Waals surface area contributed by atoms with Crippen molar-refractivity contribution in [3.05, 3.63) is 95.8 Å². The molecule has 0 aromatic heterocycles. The van der Waals surface area contributed by atoms with Gasteiger partial charge in [-0.2, -0.15) is 17.5 Å². The lowest BCUT2D eigenvalue weighted by atomic mass is 10.1. The molecule has 1 heterocycles. The summed E-state index contributed by atoms with van der Waals surface area (Å²) in [6.07, 6.45) is -4.45. The van der Waals surface area contributed by atoms with Crippen molar-refractivity contribution in [2.75, 3.05) is 37.6 Å². The summed E-state index contributed by atoms with van der Waals surface area (Å²) in [6, 6.07) is 18.1. The third-order valence-corrected chi connectivity index (χ3v) is 7.94. The Morgan fingerprint density at radius 3 is 2.14 bits per heavy atom. The number of sulfonamides is 1. The van der Waals surface area contributed by atoms with Crippen LogP contribution in [0.25, 0.3) is 0 Å². The van der Waals surface area contributed by atoms with Crippen LogP contribution in [0.5, 0.6) is 0 Å². The molecule has 196 valence electrons. The second-order valence-electron chi connectivity index (χ2n) is 8.63. The molecule has 11 heteroatoms. The van der Waals surface area contributed by atoms with Crippen molar-refractivity contribution in [2.45, 2.75) is 17.6 Å². The molecular formula is C26H25F4N3O3S. The highest BCUT2D eigenvalue weighted by atomic mass is 32.2. The minimum atomic E-state index is -4.45. The van der Waals surface area contributed by atoms with Gasteiger partial charge in [-0.05, 0) is 48.0 Å². The van der Waals surface area contributed by atoms with Gasteiger partial charge in [-0.25, -0.2) is 12.8 Å². The van der Waals surface area contributed by atoms with Gasteiger partial charge >= 0.3 is 6.18 Å². The normalized spacial score (nSPS) is 14.7. The number of amides is 1. The summed E-state index contributed by atoms with van der Waals surface area (Å²) < 4.78 is 80.3. The average molecular weight is 536 g/mol. The van der Waals surface area contributed by atoms with Crippen molar-refractivity contribution >= 4 is 21.6 Å². The van der Waals surface area contributed by atoms with Gasteiger partial charge in [-0.1, -0.05) is 36.4 Å². The number of nitrogens with zero attached hydrogens (tertiary/aromatic N) is 3. The molecule has 0 bridgehead atoms. The van der Waals surface area contributed by atoms with Crippen LogP contribution in [-0.2, 0) is 27.5 Å². The van der Waals surface area contributed by atoms with Gasteiger partial charge < -0.3 is 9.80 Å². The van der Waals surface area contributed by atoms with E-state index in [4.69, 9.17) is 0 Å². The van der Waals surface area contributed by atoms with Gasteiger partial charge in [0.25, 0.3) is 0 Å². The summed E-state index contributed by atoms with van der Waals surface area (Å²) >= 11 is 0. The molecule has 3 aromatic carbocycles. The van der Waals surface area contributed by atoms with E-state index < -0.39 is 40.0 Å². The molecule has 0 radical (unpaired) electrons. The number of rotatable bonds is 7. The Hall–Kier alpha value is -3.44. The first kappa shape index (κ1) is 26.6. The van der Waals surface area contributed by atoms with Crippen molar-refractivity contribution in [1.82, 2.24) is 9.21 Å². The lowest BCUT2D eigenvalue weighted by Gasteiger charge is -2.37. The molecule has 4 rings (SSSR count). The number of benzene rings is 3. The molecule has 1 saturated heterocycles. The first-order chi connectivity index (χ1) is 17.5. The highest BCUT2D eigenvalue weighted by molar-refractivity contribution is 7.89. The molecule has 1 aliphatic rings. The number of halogens is 4. The molecule has 0 unspecified atom stereocenters. The summed E-state index contributed by atoms with van der Waals surface area (Å²) in [7, 11) is -4.04. The topological polar surface area (TPSA) is 60.9 Å². The maximum atomic E-state index is 13.4. The average Bonchev–Trinajstić information content (AvgIpc) is 2.89. The van der Waals surface area contributed by atoms with Crippen LogP contribution in [0.15, 0.2) is 83.8 Å². The maximum Gasteiger partial charge on any atom is 0.416 e. The molecule has 37 heavy (non-hydrogen) atoms. The van der Waals surface area contributed by atoms with Crippen LogP contribution in [0, 0.1) is 5.82 Å². The molecule has 1 aliphatic heterocycles. The molecule has 0 atom stereocenters. The van der Waals surface area contributed by atoms with Crippen LogP contribution >= 0.6 is 0 Å². The molecule has 1 amide bonds. The number of carbonyl (C=O) groups is 1. The van der Waals surface area contributed by atoms with Crippen LogP contribution in [0.4, 0.5) is 23.2 Å². The van der Waals surface area contributed by atoms with Crippen molar-refractivity contribution < 1.29 is 30.8 Å². The zero-order valence-electron chi connectivity index (χ0n) is 19.7. The standard InChI is InChI=1S/C26H25F4N3O3S/c27-22-11-9-20(10-12-22)18-33(37(35,36)24-7-2-1-3-8-24)19-25(34)32-15-13-31(14-16-32)23-6-4-5-21(17-23)26(28,29)30/h1-12,17H,13-16,18-19H2. The Kier molecular flexibility index (Phi) is 7.84. The van der Waals surface area contributed by atoms with E-state index in [2.05, 4.69) is 0 Å². The summed E-state index contributed by atoms with van der Waals surface area (Å²) in [5.74, 6) is -0.888. The largest absolute Gasteiger partial charge is 0.416 e. The lowest BCUT2D eigenvalue weighted by Crippen LogP contribution is -2.51. The zero-order chi connectivity index (χ0) is 26.6. The first-order valence-electron chi connectivity index (χ1n) is 11.5. The highest BCUT2D eigenvalue weighted by Gasteiger charge is 2.32. The summed E-state index contributed by atoms with van der Waals surface area (Å²) in [5.41, 5.74) is 0.181. The number of piperazine rings is 1. The van der Waals surface area contributed by atoms with Crippen LogP contribution in [0.3, 0.4) is 0 Å². The Balaban J connectivity index is 1.47. The molecule has 0 spiro atoms. The van der Waals surface area contributed by atoms with Crippen molar-refractivity contribution in [1.29, 1.82) is 0 Å². The fourth-order valence-corrected chi connectivity index (χ4v) is 5.50. The van der Waals surface area contributed by atoms with Crippen LogP contribution in [-0.4, -0.2) is 56.3 Å². The Morgan fingerprint density at radius 2 is 1.51 bits per heavy atom. The van der Waals surface area contributed by atoms with Gasteiger partial charge in [-0.15, -0.1) is 0 Å². The highest BCUT2D eigenvalue weighted by Crippen LogP contribution is 2.32. The third kappa shape index (κ3) is 6.47. The van der Waals surface area contributed by atoms with Crippen LogP contribution in [0.1, 0.15) is 11.1 Å². The second kappa shape index (κ2) is 10.9. The van der Waals surface area contributed by atoms with Gasteiger partial charge in [0.05, 0.1) is 17.0 Å². The second-order valence-corrected chi connectivity index (χ2v) is 10.6. The van der Waals surface area contributed by atoms with Crippen LogP contribution in [0.2, 0.25) is 0 Å². The number of hydrogen-bond donors (Lipinski definition) is 0. The Morgan fingerprint density at radius 1 is 0.865 bits per heavy atom. The number of carbonyl (C=O) groups excluding carboxylic acids is 1. The van der Waals surface area contributed by atoms with Crippen molar-refractivity contribution in [2.24, 2.45) is 0 Å². The van der Waals surface area contributed by atoms with E-state index in [-0.39, 0.29) is 24.5 Å². The fraction of sp³-hybridized carbons (Fsp3) is 0.269. The quantitative estimate of drug-likeness (QED) is 0.422. The number of anilines is 1. The predicted octanol–water partition coefficient (Wildman–Crippen LogP) is 4.38. The van der Waals surface area contributed by atoms with Gasteiger partial charge in [0, 0.05) is 38.4 Å². The summed E-state index contributed by atoms with van der Waals surface area (Å²) in [4.78, 5) is 16.4.